The van der Waals surface area contributed by atoms with Crippen LogP contribution in [-0.2, 0) is 0 Å². The highest BCUT2D eigenvalue weighted by molar-refractivity contribution is 5.65. The number of ether oxygens (including phenoxy) is 1. The zero-order valence-electron chi connectivity index (χ0n) is 13.8. The van der Waals surface area contributed by atoms with Crippen molar-refractivity contribution in [2.24, 2.45) is 0 Å². The van der Waals surface area contributed by atoms with Crippen LogP contribution >= 0.6 is 0 Å². The van der Waals surface area contributed by atoms with Crippen LogP contribution in [0.25, 0.3) is 0 Å². The van der Waals surface area contributed by atoms with E-state index < -0.39 is 10.9 Å². The van der Waals surface area contributed by atoms with Gasteiger partial charge in [-0.05, 0) is 38.5 Å². The molecule has 0 spiro atoms. The van der Waals surface area contributed by atoms with Crippen molar-refractivity contribution in [3.63, 3.8) is 0 Å². The maximum absolute atomic E-state index is 11.9. The molecule has 5 nitrogen and oxygen atoms in total. The van der Waals surface area contributed by atoms with E-state index >= 15 is 0 Å². The van der Waals surface area contributed by atoms with E-state index in [0.29, 0.717) is 25.4 Å². The summed E-state index contributed by atoms with van der Waals surface area (Å²) in [5, 5.41) is 0. The molecular weight excluding hydrogens is 292 g/mol. The highest BCUT2D eigenvalue weighted by Crippen LogP contribution is 2.28. The quantitative estimate of drug-likeness (QED) is 0.804. The van der Waals surface area contributed by atoms with Crippen LogP contribution in [0, 0.1) is 6.92 Å². The maximum atomic E-state index is 11.9. The zero-order valence-corrected chi connectivity index (χ0v) is 13.8. The molecule has 0 saturated carbocycles. The molecule has 1 fully saturated rings. The highest BCUT2D eigenvalue weighted by Gasteiger charge is 2.32. The van der Waals surface area contributed by atoms with E-state index in [1.165, 1.54) is 11.3 Å². The first-order chi connectivity index (χ1) is 11.0. The van der Waals surface area contributed by atoms with Gasteiger partial charge in [0.2, 0.25) is 0 Å². The van der Waals surface area contributed by atoms with Crippen molar-refractivity contribution in [2.45, 2.75) is 26.8 Å². The lowest BCUT2D eigenvalue weighted by Crippen LogP contribution is -2.55. The summed E-state index contributed by atoms with van der Waals surface area (Å²) in [6.07, 6.45) is 0. The van der Waals surface area contributed by atoms with Crippen molar-refractivity contribution >= 4 is 11.4 Å². The third kappa shape index (κ3) is 2.71. The molecule has 5 heteroatoms. The summed E-state index contributed by atoms with van der Waals surface area (Å²) in [6, 6.07) is 8.69. The Morgan fingerprint density at radius 1 is 1.22 bits per heavy atom. The second kappa shape index (κ2) is 6.07. The average Bonchev–Trinajstić information content (AvgIpc) is 2.54. The molecule has 1 atom stereocenters. The van der Waals surface area contributed by atoms with Crippen LogP contribution < -0.4 is 25.4 Å². The number of nitrogens with zero attached hydrogens (tertiary/aromatic N) is 2. The Morgan fingerprint density at radius 2 is 2.00 bits per heavy atom. The Hall–Kier alpha value is -2.30. The summed E-state index contributed by atoms with van der Waals surface area (Å²) in [7, 11) is 0. The Labute approximate surface area is 135 Å². The number of hydrogen-bond donors (Lipinski definition) is 0. The van der Waals surface area contributed by atoms with Crippen molar-refractivity contribution in [2.75, 3.05) is 36.0 Å². The van der Waals surface area contributed by atoms with Crippen LogP contribution in [0.1, 0.15) is 19.4 Å². The summed E-state index contributed by atoms with van der Waals surface area (Å²) >= 11 is 0. The lowest BCUT2D eigenvalue weighted by Gasteiger charge is -2.42. The van der Waals surface area contributed by atoms with E-state index in [1.54, 1.807) is 0 Å². The van der Waals surface area contributed by atoms with Crippen LogP contribution in [0.15, 0.2) is 33.9 Å². The molecule has 1 aliphatic heterocycles. The molecule has 2 aromatic rings. The molecule has 0 N–H and O–H groups in total. The van der Waals surface area contributed by atoms with Gasteiger partial charge in [0.05, 0.1) is 6.61 Å². The van der Waals surface area contributed by atoms with Crippen molar-refractivity contribution in [3.8, 4) is 5.75 Å². The van der Waals surface area contributed by atoms with E-state index in [1.807, 2.05) is 11.8 Å². The summed E-state index contributed by atoms with van der Waals surface area (Å²) in [4.78, 5) is 27.9. The van der Waals surface area contributed by atoms with E-state index in [-0.39, 0.29) is 11.8 Å². The molecule has 1 saturated heterocycles. The van der Waals surface area contributed by atoms with Crippen LogP contribution in [0.4, 0.5) is 11.4 Å². The molecule has 1 aliphatic rings. The van der Waals surface area contributed by atoms with Gasteiger partial charge in [0.1, 0.15) is 5.69 Å². The fraction of sp³-hybridized carbons (Fsp3) is 0.444. The Morgan fingerprint density at radius 3 is 2.65 bits per heavy atom. The van der Waals surface area contributed by atoms with Crippen molar-refractivity contribution in [1.29, 1.82) is 0 Å². The van der Waals surface area contributed by atoms with Gasteiger partial charge in [-0.3, -0.25) is 9.59 Å². The number of benzene rings is 1. The molecule has 0 aromatic heterocycles. The maximum Gasteiger partial charge on any atom is 0.272 e. The number of hydrogen-bond acceptors (Lipinski definition) is 5. The Balaban J connectivity index is 1.78. The van der Waals surface area contributed by atoms with Crippen molar-refractivity contribution in [1.82, 2.24) is 0 Å². The van der Waals surface area contributed by atoms with Crippen molar-refractivity contribution in [3.05, 3.63) is 50.3 Å². The first-order valence-corrected chi connectivity index (χ1v) is 8.07. The van der Waals surface area contributed by atoms with E-state index in [4.69, 9.17) is 4.74 Å². The standard InChI is InChI=1S/C18H22N2O3/c1-4-23-18-15(16(21)17(18)22)19-8-9-20(13(3)11-19)14-7-5-6-12(2)10-14/h5-7,10,13H,4,8-9,11H2,1-3H3/t13-/m1/s1. The summed E-state index contributed by atoms with van der Waals surface area (Å²) in [6.45, 7) is 8.68. The predicted molar refractivity (Wildman–Crippen MR) is 92.7 cm³/mol. The van der Waals surface area contributed by atoms with E-state index in [2.05, 4.69) is 43.0 Å². The molecule has 0 radical (unpaired) electrons. The smallest absolute Gasteiger partial charge is 0.272 e. The Kier molecular flexibility index (Phi) is 4.11. The fourth-order valence-electron chi connectivity index (χ4n) is 3.28. The van der Waals surface area contributed by atoms with Crippen LogP contribution in [0.2, 0.25) is 0 Å². The second-order valence-electron chi connectivity index (χ2n) is 6.10. The number of rotatable bonds is 4. The van der Waals surface area contributed by atoms with Gasteiger partial charge in [-0.15, -0.1) is 0 Å². The minimum absolute atomic E-state index is 0.244. The van der Waals surface area contributed by atoms with Gasteiger partial charge in [0, 0.05) is 31.4 Å². The monoisotopic (exact) mass is 314 g/mol. The van der Waals surface area contributed by atoms with E-state index in [9.17, 15) is 9.59 Å². The normalized spacial score (nSPS) is 18.5. The minimum Gasteiger partial charge on any atom is -0.488 e. The topological polar surface area (TPSA) is 49.9 Å². The number of aryl methyl sites for hydroxylation is 1. The molecule has 3 rings (SSSR count). The predicted octanol–water partition coefficient (Wildman–Crippen LogP) is 1.70. The average molecular weight is 314 g/mol. The molecule has 2 aromatic carbocycles. The lowest BCUT2D eigenvalue weighted by molar-refractivity contribution is 0.332. The van der Waals surface area contributed by atoms with Gasteiger partial charge >= 0.3 is 0 Å². The Bertz CT molecular complexity index is 777. The molecular formula is C18H22N2O3. The van der Waals surface area contributed by atoms with Gasteiger partial charge in [0.15, 0.2) is 5.75 Å². The summed E-state index contributed by atoms with van der Waals surface area (Å²) in [5.74, 6) is 0.244. The molecule has 0 amide bonds. The summed E-state index contributed by atoms with van der Waals surface area (Å²) < 4.78 is 5.34. The first-order valence-electron chi connectivity index (χ1n) is 8.07. The highest BCUT2D eigenvalue weighted by atomic mass is 16.5. The number of piperazine rings is 1. The lowest BCUT2D eigenvalue weighted by atomic mass is 10.1. The SMILES string of the molecule is CCOc1c(N2CCN(c3cccc(C)c3)[C@H](C)C2)c(=O)c1=O. The molecule has 23 heavy (non-hydrogen) atoms. The van der Waals surface area contributed by atoms with Gasteiger partial charge in [-0.25, -0.2) is 0 Å². The first kappa shape index (κ1) is 15.6. The molecule has 1 heterocycles. The molecule has 0 bridgehead atoms. The van der Waals surface area contributed by atoms with Gasteiger partial charge < -0.3 is 14.5 Å². The number of anilines is 2. The van der Waals surface area contributed by atoms with E-state index in [0.717, 1.165) is 6.54 Å². The van der Waals surface area contributed by atoms with Crippen LogP contribution in [0.5, 0.6) is 5.75 Å². The third-order valence-corrected chi connectivity index (χ3v) is 4.41. The third-order valence-electron chi connectivity index (χ3n) is 4.41. The second-order valence-corrected chi connectivity index (χ2v) is 6.10. The minimum atomic E-state index is -0.490. The van der Waals surface area contributed by atoms with Gasteiger partial charge in [-0.1, -0.05) is 12.1 Å². The van der Waals surface area contributed by atoms with Crippen molar-refractivity contribution < 1.29 is 4.74 Å². The molecule has 122 valence electrons. The zero-order chi connectivity index (χ0) is 16.6. The molecule has 0 aliphatic carbocycles. The summed E-state index contributed by atoms with van der Waals surface area (Å²) in [5.41, 5.74) is 2.00. The van der Waals surface area contributed by atoms with Crippen LogP contribution in [0.3, 0.4) is 0 Å². The van der Waals surface area contributed by atoms with Gasteiger partial charge in [-0.2, -0.15) is 0 Å². The largest absolute Gasteiger partial charge is 0.488 e. The van der Waals surface area contributed by atoms with Gasteiger partial charge in [0.25, 0.3) is 10.9 Å². The van der Waals surface area contributed by atoms with Crippen LogP contribution in [-0.4, -0.2) is 32.3 Å². The fourth-order valence-corrected chi connectivity index (χ4v) is 3.28. The molecule has 0 unspecified atom stereocenters.